The van der Waals surface area contributed by atoms with Crippen LogP contribution >= 0.6 is 27.5 Å². The fourth-order valence-corrected chi connectivity index (χ4v) is 1.68. The van der Waals surface area contributed by atoms with E-state index in [9.17, 15) is 0 Å². The van der Waals surface area contributed by atoms with Crippen molar-refractivity contribution in [2.75, 3.05) is 13.9 Å². The first-order valence-electron chi connectivity index (χ1n) is 3.72. The molecule has 2 nitrogen and oxygen atoms in total. The van der Waals surface area contributed by atoms with Crippen LogP contribution in [0, 0.1) is 6.92 Å². The van der Waals surface area contributed by atoms with E-state index in [1.165, 1.54) is 0 Å². The Kier molecular flexibility index (Phi) is 4.03. The Balaban J connectivity index is 2.92. The van der Waals surface area contributed by atoms with E-state index in [1.807, 2.05) is 13.0 Å². The van der Waals surface area contributed by atoms with Gasteiger partial charge in [0.2, 0.25) is 0 Å². The monoisotopic (exact) mass is 264 g/mol. The van der Waals surface area contributed by atoms with Gasteiger partial charge in [0, 0.05) is 22.2 Å². The van der Waals surface area contributed by atoms with Gasteiger partial charge in [-0.2, -0.15) is 0 Å². The quantitative estimate of drug-likeness (QED) is 0.780. The van der Waals surface area contributed by atoms with Crippen molar-refractivity contribution in [2.24, 2.45) is 0 Å². The number of benzene rings is 1. The molecule has 0 N–H and O–H groups in total. The average molecular weight is 266 g/mol. The van der Waals surface area contributed by atoms with Crippen molar-refractivity contribution < 1.29 is 9.47 Å². The molecular formula is C9H10BrClO2. The summed E-state index contributed by atoms with van der Waals surface area (Å²) >= 11 is 9.23. The fourth-order valence-electron chi connectivity index (χ4n) is 0.894. The Morgan fingerprint density at radius 2 is 2.15 bits per heavy atom. The molecule has 0 fully saturated rings. The van der Waals surface area contributed by atoms with Gasteiger partial charge >= 0.3 is 0 Å². The van der Waals surface area contributed by atoms with Gasteiger partial charge in [0.05, 0.1) is 0 Å². The fraction of sp³-hybridized carbons (Fsp3) is 0.333. The second kappa shape index (κ2) is 4.84. The molecule has 0 heterocycles. The number of methoxy groups -OCH3 is 1. The Bertz CT molecular complexity index is 302. The number of hydrogen-bond donors (Lipinski definition) is 0. The molecule has 0 amide bonds. The van der Waals surface area contributed by atoms with E-state index in [2.05, 4.69) is 15.9 Å². The predicted octanol–water partition coefficient (Wildman–Crippen LogP) is 3.39. The lowest BCUT2D eigenvalue weighted by molar-refractivity contribution is 0.0506. The third kappa shape index (κ3) is 2.86. The van der Waals surface area contributed by atoms with Crippen LogP contribution in [0.15, 0.2) is 16.6 Å². The Hall–Kier alpha value is -0.250. The Morgan fingerprint density at radius 1 is 1.46 bits per heavy atom. The SMILES string of the molecule is COCOc1cc(Cl)cc(Br)c1C. The van der Waals surface area contributed by atoms with Gasteiger partial charge < -0.3 is 9.47 Å². The van der Waals surface area contributed by atoms with Crippen LogP contribution in [-0.4, -0.2) is 13.9 Å². The molecule has 0 bridgehead atoms. The zero-order chi connectivity index (χ0) is 9.84. The first-order chi connectivity index (χ1) is 6.15. The lowest BCUT2D eigenvalue weighted by Crippen LogP contribution is -2.00. The van der Waals surface area contributed by atoms with Gasteiger partial charge in [-0.1, -0.05) is 27.5 Å². The first-order valence-corrected chi connectivity index (χ1v) is 4.89. The molecule has 0 unspecified atom stereocenters. The highest BCUT2D eigenvalue weighted by molar-refractivity contribution is 9.10. The first kappa shape index (κ1) is 10.8. The summed E-state index contributed by atoms with van der Waals surface area (Å²) in [5, 5.41) is 0.642. The summed E-state index contributed by atoms with van der Waals surface area (Å²) in [6.45, 7) is 2.18. The molecule has 0 radical (unpaired) electrons. The van der Waals surface area contributed by atoms with Crippen LogP contribution in [0.3, 0.4) is 0 Å². The minimum Gasteiger partial charge on any atom is -0.467 e. The predicted molar refractivity (Wildman–Crippen MR) is 56.4 cm³/mol. The molecule has 0 spiro atoms. The van der Waals surface area contributed by atoms with Crippen molar-refractivity contribution in [1.82, 2.24) is 0 Å². The van der Waals surface area contributed by atoms with Crippen molar-refractivity contribution in [3.63, 3.8) is 0 Å². The zero-order valence-electron chi connectivity index (χ0n) is 7.43. The molecule has 0 aromatic heterocycles. The van der Waals surface area contributed by atoms with Crippen LogP contribution < -0.4 is 4.74 Å². The van der Waals surface area contributed by atoms with Crippen molar-refractivity contribution in [2.45, 2.75) is 6.92 Å². The van der Waals surface area contributed by atoms with Gasteiger partial charge in [-0.3, -0.25) is 0 Å². The highest BCUT2D eigenvalue weighted by Gasteiger charge is 2.05. The molecule has 4 heteroatoms. The lowest BCUT2D eigenvalue weighted by atomic mass is 10.2. The molecule has 1 aromatic rings. The van der Waals surface area contributed by atoms with Crippen LogP contribution in [0.5, 0.6) is 5.75 Å². The molecule has 0 aliphatic heterocycles. The number of ether oxygens (including phenoxy) is 2. The van der Waals surface area contributed by atoms with Crippen LogP contribution in [0.1, 0.15) is 5.56 Å². The van der Waals surface area contributed by atoms with E-state index in [1.54, 1.807) is 13.2 Å². The minimum absolute atomic E-state index is 0.230. The van der Waals surface area contributed by atoms with Gasteiger partial charge in [0.1, 0.15) is 5.75 Å². The zero-order valence-corrected chi connectivity index (χ0v) is 9.78. The lowest BCUT2D eigenvalue weighted by Gasteiger charge is -2.09. The Morgan fingerprint density at radius 3 is 2.77 bits per heavy atom. The third-order valence-corrected chi connectivity index (χ3v) is 2.64. The van der Waals surface area contributed by atoms with E-state index in [4.69, 9.17) is 21.1 Å². The van der Waals surface area contributed by atoms with E-state index in [0.717, 1.165) is 15.8 Å². The highest BCUT2D eigenvalue weighted by atomic mass is 79.9. The summed E-state index contributed by atoms with van der Waals surface area (Å²) in [5.74, 6) is 0.737. The molecule has 1 aromatic carbocycles. The molecule has 0 atom stereocenters. The highest BCUT2D eigenvalue weighted by Crippen LogP contribution is 2.30. The summed E-state index contributed by atoms with van der Waals surface area (Å²) in [6.07, 6.45) is 0. The molecule has 0 aliphatic rings. The van der Waals surface area contributed by atoms with Crippen LogP contribution in [0.25, 0.3) is 0 Å². The van der Waals surface area contributed by atoms with E-state index >= 15 is 0 Å². The van der Waals surface area contributed by atoms with Gasteiger partial charge in [-0.05, 0) is 19.1 Å². The second-order valence-electron chi connectivity index (χ2n) is 2.56. The van der Waals surface area contributed by atoms with Crippen molar-refractivity contribution in [3.8, 4) is 5.75 Å². The maximum absolute atomic E-state index is 5.85. The third-order valence-electron chi connectivity index (χ3n) is 1.59. The summed E-state index contributed by atoms with van der Waals surface area (Å²) < 4.78 is 11.0. The molecule has 1 rings (SSSR count). The van der Waals surface area contributed by atoms with E-state index in [-0.39, 0.29) is 6.79 Å². The van der Waals surface area contributed by atoms with Crippen molar-refractivity contribution in [3.05, 3.63) is 27.2 Å². The summed E-state index contributed by atoms with van der Waals surface area (Å²) in [6, 6.07) is 3.59. The largest absolute Gasteiger partial charge is 0.467 e. The summed E-state index contributed by atoms with van der Waals surface area (Å²) in [4.78, 5) is 0. The number of halogens is 2. The maximum atomic E-state index is 5.85. The standard InChI is InChI=1S/C9H10BrClO2/c1-6-8(10)3-7(11)4-9(6)13-5-12-2/h3-4H,5H2,1-2H3. The Labute approximate surface area is 90.9 Å². The smallest absolute Gasteiger partial charge is 0.188 e. The topological polar surface area (TPSA) is 18.5 Å². The van der Waals surface area contributed by atoms with E-state index < -0.39 is 0 Å². The number of rotatable bonds is 3. The van der Waals surface area contributed by atoms with Gasteiger partial charge in [-0.25, -0.2) is 0 Å². The summed E-state index contributed by atoms with van der Waals surface area (Å²) in [7, 11) is 1.58. The molecule has 0 aliphatic carbocycles. The number of hydrogen-bond acceptors (Lipinski definition) is 2. The van der Waals surface area contributed by atoms with Gasteiger partial charge in [-0.15, -0.1) is 0 Å². The normalized spacial score (nSPS) is 10.2. The van der Waals surface area contributed by atoms with Crippen LogP contribution in [-0.2, 0) is 4.74 Å². The molecule has 0 saturated heterocycles. The van der Waals surface area contributed by atoms with Crippen LogP contribution in [0.4, 0.5) is 0 Å². The van der Waals surface area contributed by atoms with E-state index in [0.29, 0.717) is 5.02 Å². The van der Waals surface area contributed by atoms with Crippen molar-refractivity contribution >= 4 is 27.5 Å². The van der Waals surface area contributed by atoms with Gasteiger partial charge in [0.25, 0.3) is 0 Å². The molecular weight excluding hydrogens is 255 g/mol. The second-order valence-corrected chi connectivity index (χ2v) is 3.85. The molecule has 13 heavy (non-hydrogen) atoms. The minimum atomic E-state index is 0.230. The molecule has 72 valence electrons. The van der Waals surface area contributed by atoms with Gasteiger partial charge in [0.15, 0.2) is 6.79 Å². The maximum Gasteiger partial charge on any atom is 0.188 e. The summed E-state index contributed by atoms with van der Waals surface area (Å²) in [5.41, 5.74) is 1.02. The average Bonchev–Trinajstić information content (AvgIpc) is 2.09. The van der Waals surface area contributed by atoms with Crippen LogP contribution in [0.2, 0.25) is 5.02 Å². The van der Waals surface area contributed by atoms with Crippen molar-refractivity contribution in [1.29, 1.82) is 0 Å². The molecule has 0 saturated carbocycles.